The van der Waals surface area contributed by atoms with E-state index in [2.05, 4.69) is 19.8 Å². The minimum absolute atomic E-state index is 0.0694. The lowest BCUT2D eigenvalue weighted by Gasteiger charge is -2.35. The van der Waals surface area contributed by atoms with Gasteiger partial charge in [0.2, 0.25) is 5.95 Å². The molecule has 1 atom stereocenters. The number of fused-ring (bicyclic) bond motifs is 1. The van der Waals surface area contributed by atoms with Crippen LogP contribution < -0.4 is 14.5 Å². The molecule has 0 saturated carbocycles. The fourth-order valence-corrected chi connectivity index (χ4v) is 4.49. The fourth-order valence-electron chi connectivity index (χ4n) is 4.49. The number of rotatable bonds is 4. The van der Waals surface area contributed by atoms with Crippen LogP contribution in [0.25, 0.3) is 0 Å². The third kappa shape index (κ3) is 3.83. The molecule has 2 aromatic heterocycles. The molecule has 1 fully saturated rings. The van der Waals surface area contributed by atoms with Crippen molar-refractivity contribution in [3.8, 4) is 5.75 Å². The number of carbonyl (C=O) groups excluding carboxylic acids is 1. The normalized spacial score (nSPS) is 18.6. The highest BCUT2D eigenvalue weighted by atomic mass is 16.5. The number of aromatic nitrogens is 3. The summed E-state index contributed by atoms with van der Waals surface area (Å²) in [7, 11) is 1.67. The van der Waals surface area contributed by atoms with Crippen molar-refractivity contribution in [1.82, 2.24) is 15.0 Å². The van der Waals surface area contributed by atoms with Gasteiger partial charge in [0.15, 0.2) is 5.78 Å². The average molecular weight is 415 g/mol. The van der Waals surface area contributed by atoms with E-state index in [0.717, 1.165) is 49.0 Å². The third-order valence-corrected chi connectivity index (χ3v) is 6.14. The number of carbonyl (C=O) groups is 1. The van der Waals surface area contributed by atoms with Crippen molar-refractivity contribution in [2.24, 2.45) is 0 Å². The first kappa shape index (κ1) is 19.5. The third-order valence-electron chi connectivity index (χ3n) is 6.14. The molecule has 2 aliphatic rings. The molecule has 3 heterocycles. The molecule has 7 heteroatoms. The molecule has 0 N–H and O–H groups in total. The molecular weight excluding hydrogens is 390 g/mol. The Balaban J connectivity index is 1.34. The number of ketones is 1. The Morgan fingerprint density at radius 1 is 0.935 bits per heavy atom. The van der Waals surface area contributed by atoms with E-state index in [9.17, 15) is 4.79 Å². The zero-order valence-electron chi connectivity index (χ0n) is 17.6. The summed E-state index contributed by atoms with van der Waals surface area (Å²) < 4.78 is 5.53. The van der Waals surface area contributed by atoms with Crippen LogP contribution in [0.4, 0.5) is 11.8 Å². The number of nitrogens with zero attached hydrogens (tertiary/aromatic N) is 5. The van der Waals surface area contributed by atoms with Gasteiger partial charge in [-0.25, -0.2) is 15.0 Å². The SMILES string of the molecule is COc1ccccc1C1CC(=O)c2cnc(N3CCN(c4ccccn4)CC3)nc2C1. The summed E-state index contributed by atoms with van der Waals surface area (Å²) in [5, 5.41) is 0. The van der Waals surface area contributed by atoms with Crippen LogP contribution in [0.3, 0.4) is 0 Å². The second-order valence-corrected chi connectivity index (χ2v) is 7.96. The summed E-state index contributed by atoms with van der Waals surface area (Å²) in [6.45, 7) is 3.36. The summed E-state index contributed by atoms with van der Waals surface area (Å²) >= 11 is 0. The van der Waals surface area contributed by atoms with Gasteiger partial charge in [0.05, 0.1) is 18.4 Å². The molecule has 5 rings (SSSR count). The van der Waals surface area contributed by atoms with E-state index in [0.29, 0.717) is 24.4 Å². The van der Waals surface area contributed by atoms with Crippen LogP contribution in [-0.4, -0.2) is 54.0 Å². The zero-order valence-corrected chi connectivity index (χ0v) is 17.6. The standard InChI is InChI=1S/C24H25N5O2/c1-31-22-7-3-2-6-18(22)17-14-20-19(21(30)15-17)16-26-24(27-20)29-12-10-28(11-13-29)23-8-4-5-9-25-23/h2-9,16-17H,10-15H2,1H3. The van der Waals surface area contributed by atoms with Crippen LogP contribution >= 0.6 is 0 Å². The van der Waals surface area contributed by atoms with Crippen LogP contribution in [0, 0.1) is 0 Å². The number of benzene rings is 1. The molecule has 158 valence electrons. The maximum Gasteiger partial charge on any atom is 0.225 e. The second-order valence-electron chi connectivity index (χ2n) is 7.96. The molecular formula is C24H25N5O2. The van der Waals surface area contributed by atoms with Crippen LogP contribution in [0.1, 0.15) is 34.0 Å². The maximum atomic E-state index is 12.8. The molecule has 0 amide bonds. The first-order valence-electron chi connectivity index (χ1n) is 10.7. The Bertz CT molecular complexity index is 1080. The quantitative estimate of drug-likeness (QED) is 0.648. The highest BCUT2D eigenvalue weighted by Crippen LogP contribution is 2.36. The van der Waals surface area contributed by atoms with E-state index in [1.807, 2.05) is 48.7 Å². The van der Waals surface area contributed by atoms with Crippen molar-refractivity contribution in [3.63, 3.8) is 0 Å². The van der Waals surface area contributed by atoms with Gasteiger partial charge in [-0.05, 0) is 30.2 Å². The Hall–Kier alpha value is -3.48. The van der Waals surface area contributed by atoms with Crippen LogP contribution in [0.2, 0.25) is 0 Å². The Morgan fingerprint density at radius 2 is 1.71 bits per heavy atom. The molecule has 7 nitrogen and oxygen atoms in total. The summed E-state index contributed by atoms with van der Waals surface area (Å²) in [6, 6.07) is 13.9. The number of ether oxygens (including phenoxy) is 1. The molecule has 0 radical (unpaired) electrons. The summed E-state index contributed by atoms with van der Waals surface area (Å²) in [5.41, 5.74) is 2.56. The molecule has 1 aromatic carbocycles. The number of piperazine rings is 1. The molecule has 1 unspecified atom stereocenters. The van der Waals surface area contributed by atoms with E-state index >= 15 is 0 Å². The second kappa shape index (κ2) is 8.34. The number of Topliss-reactive ketones (excluding diaryl/α,β-unsaturated/α-hetero) is 1. The van der Waals surface area contributed by atoms with Gasteiger partial charge < -0.3 is 14.5 Å². The van der Waals surface area contributed by atoms with Crippen LogP contribution in [-0.2, 0) is 6.42 Å². The molecule has 0 bridgehead atoms. The van der Waals surface area contributed by atoms with Gasteiger partial charge in [0.1, 0.15) is 11.6 Å². The van der Waals surface area contributed by atoms with Crippen molar-refractivity contribution < 1.29 is 9.53 Å². The van der Waals surface area contributed by atoms with Crippen molar-refractivity contribution in [2.75, 3.05) is 43.1 Å². The van der Waals surface area contributed by atoms with Gasteiger partial charge in [-0.15, -0.1) is 0 Å². The fraction of sp³-hybridized carbons (Fsp3) is 0.333. The lowest BCUT2D eigenvalue weighted by Crippen LogP contribution is -2.47. The van der Waals surface area contributed by atoms with Gasteiger partial charge >= 0.3 is 0 Å². The van der Waals surface area contributed by atoms with Gasteiger partial charge in [-0.2, -0.15) is 0 Å². The molecule has 31 heavy (non-hydrogen) atoms. The monoisotopic (exact) mass is 415 g/mol. The zero-order chi connectivity index (χ0) is 21.2. The Morgan fingerprint density at radius 3 is 2.48 bits per heavy atom. The van der Waals surface area contributed by atoms with Crippen LogP contribution in [0.5, 0.6) is 5.75 Å². The van der Waals surface area contributed by atoms with E-state index in [4.69, 9.17) is 9.72 Å². The van der Waals surface area contributed by atoms with Crippen molar-refractivity contribution >= 4 is 17.5 Å². The van der Waals surface area contributed by atoms with Gasteiger partial charge in [-0.1, -0.05) is 24.3 Å². The number of para-hydroxylation sites is 1. The van der Waals surface area contributed by atoms with E-state index < -0.39 is 0 Å². The van der Waals surface area contributed by atoms with Crippen molar-refractivity contribution in [2.45, 2.75) is 18.8 Å². The maximum absolute atomic E-state index is 12.8. The predicted molar refractivity (Wildman–Crippen MR) is 119 cm³/mol. The lowest BCUT2D eigenvalue weighted by molar-refractivity contribution is 0.0962. The average Bonchev–Trinajstić information content (AvgIpc) is 2.84. The van der Waals surface area contributed by atoms with E-state index in [-0.39, 0.29) is 11.7 Å². The van der Waals surface area contributed by atoms with Crippen molar-refractivity contribution in [3.05, 3.63) is 71.7 Å². The highest BCUT2D eigenvalue weighted by molar-refractivity contribution is 5.98. The molecule has 1 aliphatic carbocycles. The smallest absolute Gasteiger partial charge is 0.225 e. The summed E-state index contributed by atoms with van der Waals surface area (Å²) in [5.74, 6) is 2.69. The summed E-state index contributed by atoms with van der Waals surface area (Å²) in [4.78, 5) is 31.1. The van der Waals surface area contributed by atoms with Gasteiger partial charge in [-0.3, -0.25) is 4.79 Å². The number of anilines is 2. The molecule has 0 spiro atoms. The topological polar surface area (TPSA) is 71.5 Å². The number of methoxy groups -OCH3 is 1. The predicted octanol–water partition coefficient (Wildman–Crippen LogP) is 3.12. The first-order chi connectivity index (χ1) is 15.2. The summed E-state index contributed by atoms with van der Waals surface area (Å²) in [6.07, 6.45) is 4.71. The highest BCUT2D eigenvalue weighted by Gasteiger charge is 2.30. The first-order valence-corrected chi connectivity index (χ1v) is 10.7. The van der Waals surface area contributed by atoms with Gasteiger partial charge in [0.25, 0.3) is 0 Å². The molecule has 1 aliphatic heterocycles. The molecule has 1 saturated heterocycles. The van der Waals surface area contributed by atoms with Crippen LogP contribution in [0.15, 0.2) is 54.9 Å². The Kier molecular flexibility index (Phi) is 5.24. The lowest BCUT2D eigenvalue weighted by atomic mass is 9.82. The minimum atomic E-state index is 0.0694. The minimum Gasteiger partial charge on any atom is -0.496 e. The number of pyridine rings is 1. The van der Waals surface area contributed by atoms with Crippen molar-refractivity contribution in [1.29, 1.82) is 0 Å². The largest absolute Gasteiger partial charge is 0.496 e. The number of hydrogen-bond donors (Lipinski definition) is 0. The van der Waals surface area contributed by atoms with Gasteiger partial charge in [0, 0.05) is 50.9 Å². The Labute approximate surface area is 181 Å². The molecule has 3 aromatic rings. The van der Waals surface area contributed by atoms with E-state index in [1.165, 1.54) is 0 Å². The van der Waals surface area contributed by atoms with E-state index in [1.54, 1.807) is 13.3 Å². The number of hydrogen-bond acceptors (Lipinski definition) is 7.